The molecule has 0 amide bonds. The first kappa shape index (κ1) is 12.9. The van der Waals surface area contributed by atoms with Gasteiger partial charge >= 0.3 is 0 Å². The van der Waals surface area contributed by atoms with E-state index in [9.17, 15) is 10.1 Å². The van der Waals surface area contributed by atoms with Crippen LogP contribution >= 0.6 is 0 Å². The molecule has 4 heteroatoms. The van der Waals surface area contributed by atoms with Crippen LogP contribution in [0, 0.1) is 11.3 Å². The zero-order valence-electron chi connectivity index (χ0n) is 11.5. The fourth-order valence-electron chi connectivity index (χ4n) is 2.40. The van der Waals surface area contributed by atoms with Gasteiger partial charge in [-0.05, 0) is 23.8 Å². The third-order valence-electron chi connectivity index (χ3n) is 3.50. The molecule has 0 radical (unpaired) electrons. The molecule has 1 aromatic carbocycles. The zero-order valence-corrected chi connectivity index (χ0v) is 11.5. The predicted octanol–water partition coefficient (Wildman–Crippen LogP) is 2.92. The normalized spacial score (nSPS) is 10.3. The molecule has 0 fully saturated rings. The largest absolute Gasteiger partial charge is 0.361 e. The van der Waals surface area contributed by atoms with Gasteiger partial charge in [0.2, 0.25) is 0 Å². The average Bonchev–Trinajstić information content (AvgIpc) is 3.05. The summed E-state index contributed by atoms with van der Waals surface area (Å²) in [5.74, 6) is 0. The number of aromatic nitrogens is 2. The molecule has 3 rings (SSSR count). The molecule has 0 aliphatic carbocycles. The Balaban J connectivity index is 2.34. The summed E-state index contributed by atoms with van der Waals surface area (Å²) >= 11 is 0. The van der Waals surface area contributed by atoms with Gasteiger partial charge in [-0.1, -0.05) is 30.3 Å². The summed E-state index contributed by atoms with van der Waals surface area (Å²) in [6.45, 7) is 0. The molecule has 0 aliphatic rings. The van der Waals surface area contributed by atoms with Crippen LogP contribution < -0.4 is 5.56 Å². The highest BCUT2D eigenvalue weighted by Crippen LogP contribution is 2.25. The van der Waals surface area contributed by atoms with Crippen LogP contribution in [0.15, 0.2) is 59.5 Å². The maximum absolute atomic E-state index is 12.4. The number of pyridine rings is 1. The Morgan fingerprint density at radius 3 is 2.52 bits per heavy atom. The maximum atomic E-state index is 12.4. The molecule has 0 aliphatic heterocycles. The second-order valence-electron chi connectivity index (χ2n) is 4.74. The van der Waals surface area contributed by atoms with Crippen LogP contribution in [0.4, 0.5) is 0 Å². The highest BCUT2D eigenvalue weighted by molar-refractivity contribution is 5.73. The molecule has 2 aromatic heterocycles. The zero-order chi connectivity index (χ0) is 14.8. The Kier molecular flexibility index (Phi) is 3.17. The molecule has 3 aromatic rings. The lowest BCUT2D eigenvalue weighted by Crippen LogP contribution is -2.22. The van der Waals surface area contributed by atoms with E-state index in [2.05, 4.69) is 4.98 Å². The first-order valence-electron chi connectivity index (χ1n) is 6.55. The van der Waals surface area contributed by atoms with E-state index >= 15 is 0 Å². The van der Waals surface area contributed by atoms with Gasteiger partial charge in [-0.2, -0.15) is 5.26 Å². The third-order valence-corrected chi connectivity index (χ3v) is 3.50. The summed E-state index contributed by atoms with van der Waals surface area (Å²) in [4.78, 5) is 15.5. The molecule has 0 bridgehead atoms. The predicted molar refractivity (Wildman–Crippen MR) is 81.6 cm³/mol. The molecule has 0 atom stereocenters. The van der Waals surface area contributed by atoms with E-state index in [-0.39, 0.29) is 11.1 Å². The first-order valence-corrected chi connectivity index (χ1v) is 6.55. The number of hydrogen-bond donors (Lipinski definition) is 1. The van der Waals surface area contributed by atoms with Crippen molar-refractivity contribution in [1.29, 1.82) is 5.26 Å². The molecule has 0 saturated heterocycles. The number of benzene rings is 1. The van der Waals surface area contributed by atoms with Crippen LogP contribution in [0.5, 0.6) is 0 Å². The Morgan fingerprint density at radius 1 is 1.14 bits per heavy atom. The Morgan fingerprint density at radius 2 is 1.90 bits per heavy atom. The number of rotatable bonds is 2. The van der Waals surface area contributed by atoms with E-state index in [1.807, 2.05) is 54.6 Å². The molecule has 102 valence electrons. The van der Waals surface area contributed by atoms with Crippen molar-refractivity contribution >= 4 is 0 Å². The second-order valence-corrected chi connectivity index (χ2v) is 4.74. The second kappa shape index (κ2) is 5.14. The minimum Gasteiger partial charge on any atom is -0.361 e. The number of H-pyrrole nitrogens is 1. The summed E-state index contributed by atoms with van der Waals surface area (Å²) < 4.78 is 1.51. The maximum Gasteiger partial charge on any atom is 0.269 e. The highest BCUT2D eigenvalue weighted by Gasteiger charge is 2.15. The van der Waals surface area contributed by atoms with Crippen molar-refractivity contribution in [2.45, 2.75) is 0 Å². The van der Waals surface area contributed by atoms with Crippen molar-refractivity contribution in [2.75, 3.05) is 0 Å². The summed E-state index contributed by atoms with van der Waals surface area (Å²) in [5.41, 5.74) is 2.98. The SMILES string of the molecule is Cn1c(-c2ccccc2)cc(-c2ccc[nH]2)c(C#N)c1=O. The van der Waals surface area contributed by atoms with Crippen molar-refractivity contribution < 1.29 is 0 Å². The molecule has 0 unspecified atom stereocenters. The number of nitrogens with zero attached hydrogens (tertiary/aromatic N) is 2. The van der Waals surface area contributed by atoms with Gasteiger partial charge in [0.05, 0.1) is 5.69 Å². The molecule has 2 heterocycles. The number of nitrogens with one attached hydrogen (secondary N) is 1. The number of nitriles is 1. The van der Waals surface area contributed by atoms with Crippen LogP contribution in [0.25, 0.3) is 22.5 Å². The van der Waals surface area contributed by atoms with Gasteiger partial charge in [0.25, 0.3) is 5.56 Å². The van der Waals surface area contributed by atoms with Crippen molar-refractivity contribution in [3.8, 4) is 28.6 Å². The van der Waals surface area contributed by atoms with Gasteiger partial charge in [-0.15, -0.1) is 0 Å². The molecule has 1 N–H and O–H groups in total. The Bertz CT molecular complexity index is 869. The smallest absolute Gasteiger partial charge is 0.269 e. The van der Waals surface area contributed by atoms with Crippen LogP contribution in [-0.4, -0.2) is 9.55 Å². The van der Waals surface area contributed by atoms with Crippen molar-refractivity contribution in [3.05, 3.63) is 70.6 Å². The van der Waals surface area contributed by atoms with Crippen molar-refractivity contribution in [1.82, 2.24) is 9.55 Å². The van der Waals surface area contributed by atoms with Crippen LogP contribution in [0.1, 0.15) is 5.56 Å². The van der Waals surface area contributed by atoms with Gasteiger partial charge in [0, 0.05) is 24.5 Å². The highest BCUT2D eigenvalue weighted by atomic mass is 16.1. The van der Waals surface area contributed by atoms with Gasteiger partial charge in [0.1, 0.15) is 11.6 Å². The van der Waals surface area contributed by atoms with E-state index in [1.54, 1.807) is 13.2 Å². The monoisotopic (exact) mass is 275 g/mol. The molecule has 21 heavy (non-hydrogen) atoms. The first-order chi connectivity index (χ1) is 10.2. The number of aromatic amines is 1. The lowest BCUT2D eigenvalue weighted by Gasteiger charge is -2.12. The Hall–Kier alpha value is -3.06. The lowest BCUT2D eigenvalue weighted by atomic mass is 10.0. The summed E-state index contributed by atoms with van der Waals surface area (Å²) in [5, 5.41) is 9.31. The van der Waals surface area contributed by atoms with Gasteiger partial charge in [-0.3, -0.25) is 4.79 Å². The van der Waals surface area contributed by atoms with Gasteiger partial charge in [0.15, 0.2) is 0 Å². The molecule has 0 spiro atoms. The van der Waals surface area contributed by atoms with E-state index in [4.69, 9.17) is 0 Å². The van der Waals surface area contributed by atoms with Crippen LogP contribution in [0.3, 0.4) is 0 Å². The minimum absolute atomic E-state index is 0.152. The molecule has 0 saturated carbocycles. The van der Waals surface area contributed by atoms with E-state index in [0.717, 1.165) is 17.0 Å². The third kappa shape index (κ3) is 2.15. The quantitative estimate of drug-likeness (QED) is 0.781. The number of hydrogen-bond acceptors (Lipinski definition) is 2. The van der Waals surface area contributed by atoms with E-state index in [1.165, 1.54) is 4.57 Å². The summed E-state index contributed by atoms with van der Waals surface area (Å²) in [6, 6.07) is 17.3. The summed E-state index contributed by atoms with van der Waals surface area (Å²) in [7, 11) is 1.68. The topological polar surface area (TPSA) is 61.6 Å². The van der Waals surface area contributed by atoms with Crippen LogP contribution in [-0.2, 0) is 7.05 Å². The van der Waals surface area contributed by atoms with Crippen molar-refractivity contribution in [3.63, 3.8) is 0 Å². The van der Waals surface area contributed by atoms with Crippen molar-refractivity contribution in [2.24, 2.45) is 7.05 Å². The summed E-state index contributed by atoms with van der Waals surface area (Å²) in [6.07, 6.45) is 1.77. The van der Waals surface area contributed by atoms with Gasteiger partial charge < -0.3 is 9.55 Å². The van der Waals surface area contributed by atoms with E-state index in [0.29, 0.717) is 5.56 Å². The fourth-order valence-corrected chi connectivity index (χ4v) is 2.40. The lowest BCUT2D eigenvalue weighted by molar-refractivity contribution is 0.866. The fraction of sp³-hybridized carbons (Fsp3) is 0.0588. The average molecular weight is 275 g/mol. The Labute approximate surface area is 121 Å². The standard InChI is InChI=1S/C17H13N3O/c1-20-16(12-6-3-2-4-7-12)10-13(14(11-18)17(20)21)15-8-5-9-19-15/h2-10,19H,1H3. The van der Waals surface area contributed by atoms with Gasteiger partial charge in [-0.25, -0.2) is 0 Å². The molecular formula is C17H13N3O. The van der Waals surface area contributed by atoms with E-state index < -0.39 is 0 Å². The molecular weight excluding hydrogens is 262 g/mol. The molecule has 4 nitrogen and oxygen atoms in total. The van der Waals surface area contributed by atoms with Crippen LogP contribution in [0.2, 0.25) is 0 Å². The minimum atomic E-state index is -0.288.